The molecule has 0 bridgehead atoms. The fourth-order valence-electron chi connectivity index (χ4n) is 3.39. The van der Waals surface area contributed by atoms with E-state index in [0.717, 1.165) is 24.3 Å². The van der Waals surface area contributed by atoms with Gasteiger partial charge < -0.3 is 9.88 Å². The molecule has 20 heavy (non-hydrogen) atoms. The molecule has 2 saturated heterocycles. The third kappa shape index (κ3) is 2.13. The number of fused-ring (bicyclic) bond motifs is 1. The van der Waals surface area contributed by atoms with Crippen LogP contribution in [-0.2, 0) is 0 Å². The Morgan fingerprint density at radius 2 is 2.35 bits per heavy atom. The standard InChI is InChI=1S/C15H20N4S/c1-3-11(9-16-6-1)14-18-13-4-2-7-17-15(13)19(14)12-5-8-20-10-12/h2,4,7,11-12,16H,1,3,5-6,8-10H2. The van der Waals surface area contributed by atoms with Crippen LogP contribution in [0, 0.1) is 0 Å². The molecular formula is C15H20N4S. The molecule has 2 fully saturated rings. The van der Waals surface area contributed by atoms with E-state index in [2.05, 4.69) is 32.7 Å². The molecule has 0 radical (unpaired) electrons. The van der Waals surface area contributed by atoms with E-state index < -0.39 is 0 Å². The highest BCUT2D eigenvalue weighted by Crippen LogP contribution is 2.35. The van der Waals surface area contributed by atoms with Crippen LogP contribution in [0.1, 0.15) is 37.0 Å². The summed E-state index contributed by atoms with van der Waals surface area (Å²) in [6.45, 7) is 2.21. The Hall–Kier alpha value is -1.07. The Morgan fingerprint density at radius 3 is 3.15 bits per heavy atom. The monoisotopic (exact) mass is 288 g/mol. The van der Waals surface area contributed by atoms with Gasteiger partial charge in [0.25, 0.3) is 0 Å². The summed E-state index contributed by atoms with van der Waals surface area (Å²) in [5.74, 6) is 4.27. The molecule has 2 atom stereocenters. The van der Waals surface area contributed by atoms with Gasteiger partial charge >= 0.3 is 0 Å². The van der Waals surface area contributed by atoms with Crippen molar-refractivity contribution in [2.75, 3.05) is 24.6 Å². The first-order valence-electron chi connectivity index (χ1n) is 7.55. The molecule has 0 aliphatic carbocycles. The average Bonchev–Trinajstić information content (AvgIpc) is 3.14. The predicted molar refractivity (Wildman–Crippen MR) is 83.4 cm³/mol. The number of nitrogens with zero attached hydrogens (tertiary/aromatic N) is 3. The largest absolute Gasteiger partial charge is 0.316 e. The van der Waals surface area contributed by atoms with Crippen LogP contribution in [0.25, 0.3) is 11.2 Å². The number of thioether (sulfide) groups is 1. The highest BCUT2D eigenvalue weighted by molar-refractivity contribution is 7.99. The lowest BCUT2D eigenvalue weighted by molar-refractivity contribution is 0.420. The highest BCUT2D eigenvalue weighted by atomic mass is 32.2. The normalized spacial score (nSPS) is 27.2. The fraction of sp³-hybridized carbons (Fsp3) is 0.600. The molecule has 0 spiro atoms. The Kier molecular flexibility index (Phi) is 3.40. The minimum absolute atomic E-state index is 0.545. The van der Waals surface area contributed by atoms with E-state index in [4.69, 9.17) is 4.98 Å². The molecule has 2 aromatic rings. The zero-order valence-electron chi connectivity index (χ0n) is 11.6. The first-order chi connectivity index (χ1) is 9.93. The molecule has 4 heterocycles. The van der Waals surface area contributed by atoms with Gasteiger partial charge in [-0.2, -0.15) is 11.8 Å². The van der Waals surface area contributed by atoms with Crippen LogP contribution in [0.15, 0.2) is 18.3 Å². The van der Waals surface area contributed by atoms with E-state index in [9.17, 15) is 0 Å². The van der Waals surface area contributed by atoms with Gasteiger partial charge in [-0.05, 0) is 43.7 Å². The van der Waals surface area contributed by atoms with Gasteiger partial charge in [-0.1, -0.05) is 0 Å². The maximum Gasteiger partial charge on any atom is 0.160 e. The number of rotatable bonds is 2. The average molecular weight is 288 g/mol. The van der Waals surface area contributed by atoms with Crippen LogP contribution >= 0.6 is 11.8 Å². The van der Waals surface area contributed by atoms with Gasteiger partial charge in [-0.15, -0.1) is 0 Å². The van der Waals surface area contributed by atoms with Gasteiger partial charge in [0.1, 0.15) is 11.3 Å². The van der Waals surface area contributed by atoms with Crippen LogP contribution < -0.4 is 5.32 Å². The van der Waals surface area contributed by atoms with Crippen molar-refractivity contribution in [2.24, 2.45) is 0 Å². The Balaban J connectivity index is 1.82. The zero-order chi connectivity index (χ0) is 13.4. The summed E-state index contributed by atoms with van der Waals surface area (Å²) in [5, 5.41) is 3.52. The van der Waals surface area contributed by atoms with Crippen molar-refractivity contribution in [3.63, 3.8) is 0 Å². The van der Waals surface area contributed by atoms with Crippen molar-refractivity contribution in [3.8, 4) is 0 Å². The van der Waals surface area contributed by atoms with Crippen molar-refractivity contribution in [1.29, 1.82) is 0 Å². The molecule has 4 nitrogen and oxygen atoms in total. The summed E-state index contributed by atoms with van der Waals surface area (Å²) < 4.78 is 2.45. The summed E-state index contributed by atoms with van der Waals surface area (Å²) in [5.41, 5.74) is 2.14. The van der Waals surface area contributed by atoms with Crippen LogP contribution in [0.4, 0.5) is 0 Å². The van der Waals surface area contributed by atoms with Crippen LogP contribution in [0.2, 0.25) is 0 Å². The van der Waals surface area contributed by atoms with Gasteiger partial charge in [0.05, 0.1) is 0 Å². The molecule has 0 amide bonds. The lowest BCUT2D eigenvalue weighted by Gasteiger charge is -2.25. The second-order valence-corrected chi connectivity index (χ2v) is 6.90. The van der Waals surface area contributed by atoms with Crippen molar-refractivity contribution in [2.45, 2.75) is 31.2 Å². The molecule has 2 aliphatic rings. The second kappa shape index (κ2) is 5.37. The first-order valence-corrected chi connectivity index (χ1v) is 8.70. The van der Waals surface area contributed by atoms with Crippen LogP contribution in [0.3, 0.4) is 0 Å². The van der Waals surface area contributed by atoms with Gasteiger partial charge in [-0.3, -0.25) is 0 Å². The van der Waals surface area contributed by atoms with Crippen molar-refractivity contribution in [3.05, 3.63) is 24.2 Å². The molecule has 2 aromatic heterocycles. The number of imidazole rings is 1. The van der Waals surface area contributed by atoms with Gasteiger partial charge in [0, 0.05) is 30.5 Å². The highest BCUT2D eigenvalue weighted by Gasteiger charge is 2.28. The van der Waals surface area contributed by atoms with E-state index in [0.29, 0.717) is 12.0 Å². The third-order valence-electron chi connectivity index (χ3n) is 4.41. The van der Waals surface area contributed by atoms with E-state index >= 15 is 0 Å². The Bertz CT molecular complexity index is 597. The fourth-order valence-corrected chi connectivity index (χ4v) is 4.59. The smallest absolute Gasteiger partial charge is 0.160 e. The van der Waals surface area contributed by atoms with Gasteiger partial charge in [0.2, 0.25) is 0 Å². The molecule has 106 valence electrons. The number of hydrogen-bond acceptors (Lipinski definition) is 4. The van der Waals surface area contributed by atoms with Crippen molar-refractivity contribution >= 4 is 22.9 Å². The van der Waals surface area contributed by atoms with Crippen molar-refractivity contribution in [1.82, 2.24) is 19.9 Å². The minimum Gasteiger partial charge on any atom is -0.316 e. The third-order valence-corrected chi connectivity index (χ3v) is 5.55. The SMILES string of the molecule is c1cnc2c(c1)nc(C1CCCNC1)n2C1CCSC1. The van der Waals surface area contributed by atoms with Gasteiger partial charge in [-0.25, -0.2) is 9.97 Å². The van der Waals surface area contributed by atoms with E-state index in [1.54, 1.807) is 0 Å². The van der Waals surface area contributed by atoms with Crippen molar-refractivity contribution < 1.29 is 0 Å². The molecule has 2 aliphatic heterocycles. The van der Waals surface area contributed by atoms with E-state index in [-0.39, 0.29) is 0 Å². The molecule has 2 unspecified atom stereocenters. The van der Waals surface area contributed by atoms with Crippen LogP contribution in [0.5, 0.6) is 0 Å². The molecular weight excluding hydrogens is 268 g/mol. The lowest BCUT2D eigenvalue weighted by Crippen LogP contribution is -2.30. The van der Waals surface area contributed by atoms with E-state index in [1.165, 1.54) is 36.6 Å². The maximum absolute atomic E-state index is 4.93. The number of hydrogen-bond donors (Lipinski definition) is 1. The molecule has 4 rings (SSSR count). The van der Waals surface area contributed by atoms with E-state index in [1.807, 2.05) is 12.3 Å². The maximum atomic E-state index is 4.93. The summed E-state index contributed by atoms with van der Waals surface area (Å²) in [4.78, 5) is 9.54. The van der Waals surface area contributed by atoms with Crippen LogP contribution in [-0.4, -0.2) is 39.1 Å². The molecule has 0 aromatic carbocycles. The second-order valence-electron chi connectivity index (χ2n) is 5.75. The summed E-state index contributed by atoms with van der Waals surface area (Å²) in [6, 6.07) is 4.67. The molecule has 5 heteroatoms. The number of nitrogens with one attached hydrogen (secondary N) is 1. The molecule has 1 N–H and O–H groups in total. The number of aromatic nitrogens is 3. The summed E-state index contributed by atoms with van der Waals surface area (Å²) >= 11 is 2.05. The minimum atomic E-state index is 0.545. The van der Waals surface area contributed by atoms with Gasteiger partial charge in [0.15, 0.2) is 5.65 Å². The topological polar surface area (TPSA) is 42.7 Å². The number of piperidine rings is 1. The molecule has 0 saturated carbocycles. The first kappa shape index (κ1) is 12.7. The predicted octanol–water partition coefficient (Wildman–Crippen LogP) is 2.58. The summed E-state index contributed by atoms with van der Waals surface area (Å²) in [7, 11) is 0. The quantitative estimate of drug-likeness (QED) is 0.922. The lowest BCUT2D eigenvalue weighted by atomic mass is 9.98. The Labute approximate surface area is 123 Å². The summed E-state index contributed by atoms with van der Waals surface area (Å²) in [6.07, 6.45) is 5.64. The Morgan fingerprint density at radius 1 is 1.35 bits per heavy atom. The zero-order valence-corrected chi connectivity index (χ0v) is 12.4. The number of pyridine rings is 1.